The first-order valence-corrected chi connectivity index (χ1v) is 13.8. The third-order valence-corrected chi connectivity index (χ3v) is 8.85. The number of carbonyl (C=O) groups is 3. The maximum atomic E-state index is 15.0. The predicted molar refractivity (Wildman–Crippen MR) is 159 cm³/mol. The summed E-state index contributed by atoms with van der Waals surface area (Å²) < 4.78 is 11.0. The summed E-state index contributed by atoms with van der Waals surface area (Å²) in [5, 5.41) is 3.07. The number of rotatable bonds is 6. The molecule has 0 aromatic heterocycles. The molecule has 208 valence electrons. The monoisotopic (exact) mass is 556 g/mol. The van der Waals surface area contributed by atoms with Gasteiger partial charge in [0.25, 0.3) is 0 Å². The number of Topliss-reactive ketones (excluding diaryl/α,β-unsaturated/α-hetero) is 2. The van der Waals surface area contributed by atoms with Gasteiger partial charge in [0.2, 0.25) is 5.91 Å². The van der Waals surface area contributed by atoms with Gasteiger partial charge in [-0.25, -0.2) is 0 Å². The average molecular weight is 557 g/mol. The zero-order valence-electron chi connectivity index (χ0n) is 23.1. The standard InChI is InChI=1S/C35H28N2O5/c1-41-23-12-9-11-22(20-23)31(38)30-29(32(39)25-14-5-8-17-28(25)42-2)35(26-15-6-7-16-27(26)36-34(35)40)33-24-13-4-3-10-21(24)18-19-37(30)33/h3-20,29-30,33H,1-2H3,(H,36,40)/t29-,30-,33+,35-/m0/s1. The van der Waals surface area contributed by atoms with E-state index >= 15 is 0 Å². The Morgan fingerprint density at radius 2 is 1.60 bits per heavy atom. The van der Waals surface area contributed by atoms with E-state index in [-0.39, 0.29) is 17.5 Å². The van der Waals surface area contributed by atoms with Crippen LogP contribution in [0.3, 0.4) is 0 Å². The molecule has 4 atom stereocenters. The lowest BCUT2D eigenvalue weighted by atomic mass is 9.62. The summed E-state index contributed by atoms with van der Waals surface area (Å²) in [6.45, 7) is 0. The first-order chi connectivity index (χ1) is 20.5. The predicted octanol–water partition coefficient (Wildman–Crippen LogP) is 5.69. The number of nitrogens with zero attached hydrogens (tertiary/aromatic N) is 1. The molecule has 4 aromatic carbocycles. The van der Waals surface area contributed by atoms with Gasteiger partial charge in [0.15, 0.2) is 11.6 Å². The number of hydrogen-bond donors (Lipinski definition) is 1. The Kier molecular flexibility index (Phi) is 5.97. The van der Waals surface area contributed by atoms with E-state index in [9.17, 15) is 14.4 Å². The lowest BCUT2D eigenvalue weighted by molar-refractivity contribution is -0.122. The molecule has 7 rings (SSSR count). The van der Waals surface area contributed by atoms with Crippen molar-refractivity contribution >= 4 is 29.2 Å². The molecule has 7 heteroatoms. The fourth-order valence-corrected chi connectivity index (χ4v) is 7.13. The van der Waals surface area contributed by atoms with Gasteiger partial charge >= 0.3 is 0 Å². The molecule has 7 nitrogen and oxygen atoms in total. The second-order valence-electron chi connectivity index (χ2n) is 10.7. The number of amides is 1. The minimum Gasteiger partial charge on any atom is -0.497 e. The van der Waals surface area contributed by atoms with Crippen LogP contribution < -0.4 is 14.8 Å². The first-order valence-electron chi connectivity index (χ1n) is 13.8. The molecule has 1 spiro atoms. The number of hydrogen-bond acceptors (Lipinski definition) is 6. The normalized spacial score (nSPS) is 23.1. The van der Waals surface area contributed by atoms with E-state index < -0.39 is 23.4 Å². The third kappa shape index (κ3) is 3.49. The summed E-state index contributed by atoms with van der Waals surface area (Å²) in [5.74, 6) is -1.08. The third-order valence-electron chi connectivity index (χ3n) is 8.85. The average Bonchev–Trinajstić information content (AvgIpc) is 3.52. The molecule has 3 aliphatic rings. The number of para-hydroxylation sites is 2. The minimum atomic E-state index is -1.41. The van der Waals surface area contributed by atoms with Gasteiger partial charge in [-0.15, -0.1) is 0 Å². The quantitative estimate of drug-likeness (QED) is 0.308. The van der Waals surface area contributed by atoms with Crippen LogP contribution in [0.5, 0.6) is 11.5 Å². The van der Waals surface area contributed by atoms with Crippen LogP contribution in [0.1, 0.15) is 43.4 Å². The van der Waals surface area contributed by atoms with Gasteiger partial charge in [-0.1, -0.05) is 66.7 Å². The highest BCUT2D eigenvalue weighted by Gasteiger charge is 2.70. The van der Waals surface area contributed by atoms with E-state index in [1.165, 1.54) is 7.11 Å². The zero-order valence-corrected chi connectivity index (χ0v) is 23.1. The molecule has 1 N–H and O–H groups in total. The number of fused-ring (bicyclic) bond motifs is 6. The van der Waals surface area contributed by atoms with Crippen LogP contribution in [0, 0.1) is 5.92 Å². The van der Waals surface area contributed by atoms with E-state index in [0.29, 0.717) is 33.9 Å². The lowest BCUT2D eigenvalue weighted by Crippen LogP contribution is -2.49. The Hall–Kier alpha value is -5.17. The van der Waals surface area contributed by atoms with Crippen LogP contribution in [-0.4, -0.2) is 42.6 Å². The number of benzene rings is 4. The van der Waals surface area contributed by atoms with Gasteiger partial charge in [0.1, 0.15) is 23.0 Å². The zero-order chi connectivity index (χ0) is 29.0. The molecule has 3 aliphatic heterocycles. The molecule has 3 heterocycles. The second-order valence-corrected chi connectivity index (χ2v) is 10.7. The Labute approximate surface area is 243 Å². The molecular formula is C35H28N2O5. The van der Waals surface area contributed by atoms with Crippen molar-refractivity contribution in [2.24, 2.45) is 5.92 Å². The lowest BCUT2D eigenvalue weighted by Gasteiger charge is -2.38. The van der Waals surface area contributed by atoms with Crippen LogP contribution in [0.2, 0.25) is 0 Å². The van der Waals surface area contributed by atoms with Gasteiger partial charge in [0.05, 0.1) is 31.7 Å². The highest BCUT2D eigenvalue weighted by atomic mass is 16.5. The summed E-state index contributed by atoms with van der Waals surface area (Å²) in [4.78, 5) is 46.1. The van der Waals surface area contributed by atoms with E-state index in [4.69, 9.17) is 9.47 Å². The molecule has 0 radical (unpaired) electrons. The number of methoxy groups -OCH3 is 2. The number of anilines is 1. The number of nitrogens with one attached hydrogen (secondary N) is 1. The minimum absolute atomic E-state index is 0.273. The fraction of sp³-hybridized carbons (Fsp3) is 0.171. The molecule has 1 amide bonds. The topological polar surface area (TPSA) is 84.9 Å². The SMILES string of the molecule is COc1cccc(C(=O)[C@@H]2[C@@H](C(=O)c3ccccc3OC)[C@]3(C(=O)Nc4ccccc43)[C@H]3c4ccccc4C=CN23)c1. The maximum absolute atomic E-state index is 15.0. The van der Waals surface area contributed by atoms with Crippen LogP contribution in [0.15, 0.2) is 103 Å². The second kappa shape index (κ2) is 9.73. The molecule has 0 unspecified atom stereocenters. The van der Waals surface area contributed by atoms with Crippen LogP contribution >= 0.6 is 0 Å². The summed E-state index contributed by atoms with van der Waals surface area (Å²) >= 11 is 0. The van der Waals surface area contributed by atoms with E-state index in [1.807, 2.05) is 65.7 Å². The maximum Gasteiger partial charge on any atom is 0.238 e. The molecule has 0 saturated carbocycles. The Morgan fingerprint density at radius 1 is 0.833 bits per heavy atom. The number of carbonyl (C=O) groups excluding carboxylic acids is 3. The van der Waals surface area contributed by atoms with E-state index in [2.05, 4.69) is 5.32 Å². The molecule has 1 fully saturated rings. The highest BCUT2D eigenvalue weighted by Crippen LogP contribution is 2.62. The van der Waals surface area contributed by atoms with Gasteiger partial charge in [-0.05, 0) is 53.1 Å². The largest absolute Gasteiger partial charge is 0.497 e. The molecule has 4 aromatic rings. The van der Waals surface area contributed by atoms with Crippen molar-refractivity contribution in [3.05, 3.63) is 131 Å². The van der Waals surface area contributed by atoms with Crippen molar-refractivity contribution < 1.29 is 23.9 Å². The van der Waals surface area contributed by atoms with Crippen LogP contribution in [0.4, 0.5) is 5.69 Å². The smallest absolute Gasteiger partial charge is 0.238 e. The van der Waals surface area contributed by atoms with Crippen molar-refractivity contribution in [2.75, 3.05) is 19.5 Å². The fourth-order valence-electron chi connectivity index (χ4n) is 7.13. The van der Waals surface area contributed by atoms with Gasteiger partial charge < -0.3 is 19.7 Å². The first kappa shape index (κ1) is 25.8. The summed E-state index contributed by atoms with van der Waals surface area (Å²) in [6.07, 6.45) is 3.81. The van der Waals surface area contributed by atoms with Crippen molar-refractivity contribution in [3.8, 4) is 11.5 Å². The van der Waals surface area contributed by atoms with Gasteiger partial charge in [0, 0.05) is 17.5 Å². The van der Waals surface area contributed by atoms with Crippen LogP contribution in [0.25, 0.3) is 6.08 Å². The number of ketones is 2. The van der Waals surface area contributed by atoms with Crippen molar-refractivity contribution in [1.29, 1.82) is 0 Å². The molecule has 0 bridgehead atoms. The summed E-state index contributed by atoms with van der Waals surface area (Å²) in [6, 6.07) is 27.6. The van der Waals surface area contributed by atoms with Gasteiger partial charge in [-0.3, -0.25) is 14.4 Å². The molecule has 42 heavy (non-hydrogen) atoms. The van der Waals surface area contributed by atoms with Gasteiger partial charge in [-0.2, -0.15) is 0 Å². The van der Waals surface area contributed by atoms with Crippen molar-refractivity contribution in [2.45, 2.75) is 17.5 Å². The Bertz CT molecular complexity index is 1800. The Balaban J connectivity index is 1.54. The van der Waals surface area contributed by atoms with Crippen molar-refractivity contribution in [3.63, 3.8) is 0 Å². The van der Waals surface area contributed by atoms with Crippen LogP contribution in [-0.2, 0) is 10.2 Å². The summed E-state index contributed by atoms with van der Waals surface area (Å²) in [7, 11) is 3.05. The Morgan fingerprint density at radius 3 is 2.43 bits per heavy atom. The summed E-state index contributed by atoms with van der Waals surface area (Å²) in [5.41, 5.74) is 2.47. The molecular weight excluding hydrogens is 528 g/mol. The highest BCUT2D eigenvalue weighted by molar-refractivity contribution is 6.17. The van der Waals surface area contributed by atoms with E-state index in [1.54, 1.807) is 55.6 Å². The molecule has 1 saturated heterocycles. The number of ether oxygens (including phenoxy) is 2. The van der Waals surface area contributed by atoms with E-state index in [0.717, 1.165) is 11.1 Å². The van der Waals surface area contributed by atoms with Crippen molar-refractivity contribution in [1.82, 2.24) is 4.90 Å². The molecule has 0 aliphatic carbocycles.